The number of amides is 1. The summed E-state index contributed by atoms with van der Waals surface area (Å²) >= 11 is 6.02. The third kappa shape index (κ3) is 4.11. The smallest absolute Gasteiger partial charge is 0.252 e. The molecule has 1 aromatic rings. The molecule has 20 heavy (non-hydrogen) atoms. The average Bonchev–Trinajstić information content (AvgIpc) is 2.37. The molecule has 0 radical (unpaired) electrons. The van der Waals surface area contributed by atoms with Gasteiger partial charge in [0.05, 0.1) is 10.6 Å². The predicted molar refractivity (Wildman–Crippen MR) is 85.8 cm³/mol. The molecule has 5 heteroatoms. The van der Waals surface area contributed by atoms with Crippen molar-refractivity contribution in [3.05, 3.63) is 34.9 Å². The maximum Gasteiger partial charge on any atom is 0.252 e. The molecule has 1 saturated heterocycles. The van der Waals surface area contributed by atoms with Gasteiger partial charge in [-0.15, -0.1) is 12.4 Å². The van der Waals surface area contributed by atoms with E-state index in [-0.39, 0.29) is 23.7 Å². The van der Waals surface area contributed by atoms with Crippen molar-refractivity contribution in [3.63, 3.8) is 0 Å². The molecule has 0 saturated carbocycles. The number of hydrogen-bond acceptors (Lipinski definition) is 2. The molecule has 3 nitrogen and oxygen atoms in total. The first-order chi connectivity index (χ1) is 9.00. The van der Waals surface area contributed by atoms with Crippen LogP contribution in [0.2, 0.25) is 5.02 Å². The van der Waals surface area contributed by atoms with Gasteiger partial charge < -0.3 is 10.6 Å². The van der Waals surface area contributed by atoms with Crippen LogP contribution < -0.4 is 10.6 Å². The molecule has 112 valence electrons. The van der Waals surface area contributed by atoms with Crippen LogP contribution in [0.25, 0.3) is 0 Å². The second-order valence-corrected chi connectivity index (χ2v) is 6.20. The molecule has 1 aliphatic heterocycles. The monoisotopic (exact) mass is 316 g/mol. The van der Waals surface area contributed by atoms with Gasteiger partial charge in [-0.3, -0.25) is 4.79 Å². The van der Waals surface area contributed by atoms with Gasteiger partial charge >= 0.3 is 0 Å². The number of carbonyl (C=O) groups is 1. The molecule has 1 fully saturated rings. The standard InChI is InChI=1S/C15H21ClN2O.ClH/c1-15(2)8-5-9-17-13(15)10-18-14(19)11-6-3-4-7-12(11)16;/h3-4,6-7,13,17H,5,8-10H2,1-2H3,(H,18,19);1H. The Kier molecular flexibility index (Phi) is 6.31. The lowest BCUT2D eigenvalue weighted by Crippen LogP contribution is -2.52. The molecule has 2 N–H and O–H groups in total. The van der Waals surface area contributed by atoms with E-state index in [1.165, 1.54) is 12.8 Å². The Bertz CT molecular complexity index is 463. The average molecular weight is 317 g/mol. The van der Waals surface area contributed by atoms with Crippen molar-refractivity contribution in [2.75, 3.05) is 13.1 Å². The van der Waals surface area contributed by atoms with Crippen LogP contribution in [0.5, 0.6) is 0 Å². The summed E-state index contributed by atoms with van der Waals surface area (Å²) in [6.07, 6.45) is 2.38. The van der Waals surface area contributed by atoms with Gasteiger partial charge in [0.25, 0.3) is 5.91 Å². The molecular formula is C15H22Cl2N2O. The Morgan fingerprint density at radius 3 is 2.80 bits per heavy atom. The minimum Gasteiger partial charge on any atom is -0.350 e. The van der Waals surface area contributed by atoms with Crippen LogP contribution in [0.4, 0.5) is 0 Å². The summed E-state index contributed by atoms with van der Waals surface area (Å²) in [6, 6.07) is 7.44. The summed E-state index contributed by atoms with van der Waals surface area (Å²) in [5.74, 6) is -0.103. The number of benzene rings is 1. The van der Waals surface area contributed by atoms with Crippen LogP contribution in [0.1, 0.15) is 37.0 Å². The third-order valence-corrected chi connectivity index (χ3v) is 4.25. The molecule has 1 amide bonds. The van der Waals surface area contributed by atoms with Gasteiger partial charge in [0, 0.05) is 12.6 Å². The van der Waals surface area contributed by atoms with Gasteiger partial charge in [-0.05, 0) is 36.9 Å². The van der Waals surface area contributed by atoms with Crippen LogP contribution in [-0.2, 0) is 0 Å². The predicted octanol–water partition coefficient (Wildman–Crippen LogP) is 3.27. The minimum absolute atomic E-state index is 0. The highest BCUT2D eigenvalue weighted by molar-refractivity contribution is 6.33. The summed E-state index contributed by atoms with van der Waals surface area (Å²) in [7, 11) is 0. The maximum absolute atomic E-state index is 12.1. The molecule has 0 aromatic heterocycles. The Morgan fingerprint density at radius 1 is 1.45 bits per heavy atom. The van der Waals surface area contributed by atoms with E-state index in [1.807, 2.05) is 12.1 Å². The lowest BCUT2D eigenvalue weighted by Gasteiger charge is -2.39. The molecule has 1 heterocycles. The SMILES string of the molecule is CC1(C)CCCNC1CNC(=O)c1ccccc1Cl.Cl. The van der Waals surface area contributed by atoms with E-state index in [2.05, 4.69) is 24.5 Å². The number of hydrogen-bond donors (Lipinski definition) is 2. The topological polar surface area (TPSA) is 41.1 Å². The Morgan fingerprint density at radius 2 is 2.15 bits per heavy atom. The van der Waals surface area contributed by atoms with Crippen molar-refractivity contribution in [1.29, 1.82) is 0 Å². The number of carbonyl (C=O) groups excluding carboxylic acids is 1. The summed E-state index contributed by atoms with van der Waals surface area (Å²) in [4.78, 5) is 12.1. The second-order valence-electron chi connectivity index (χ2n) is 5.79. The quantitative estimate of drug-likeness (QED) is 0.898. The molecule has 1 aliphatic rings. The fourth-order valence-electron chi connectivity index (χ4n) is 2.55. The van der Waals surface area contributed by atoms with E-state index in [0.717, 1.165) is 6.54 Å². The van der Waals surface area contributed by atoms with E-state index in [1.54, 1.807) is 12.1 Å². The molecule has 0 bridgehead atoms. The Labute approximate surface area is 131 Å². The first-order valence-corrected chi connectivity index (χ1v) is 7.14. The molecule has 2 rings (SSSR count). The van der Waals surface area contributed by atoms with Crippen molar-refractivity contribution >= 4 is 29.9 Å². The highest BCUT2D eigenvalue weighted by Crippen LogP contribution is 2.29. The fourth-order valence-corrected chi connectivity index (χ4v) is 2.78. The van der Waals surface area contributed by atoms with Crippen LogP contribution in [0, 0.1) is 5.41 Å². The van der Waals surface area contributed by atoms with Crippen molar-refractivity contribution in [1.82, 2.24) is 10.6 Å². The number of rotatable bonds is 3. The van der Waals surface area contributed by atoms with Gasteiger partial charge in [0.1, 0.15) is 0 Å². The number of piperidine rings is 1. The zero-order valence-electron chi connectivity index (χ0n) is 11.9. The second kappa shape index (κ2) is 7.30. The molecule has 0 aliphatic carbocycles. The molecule has 1 unspecified atom stereocenters. The van der Waals surface area contributed by atoms with E-state index in [0.29, 0.717) is 23.2 Å². The van der Waals surface area contributed by atoms with Crippen molar-refractivity contribution in [2.45, 2.75) is 32.7 Å². The van der Waals surface area contributed by atoms with Gasteiger partial charge in [0.15, 0.2) is 0 Å². The first kappa shape index (κ1) is 17.3. The number of nitrogens with one attached hydrogen (secondary N) is 2. The molecule has 1 aromatic carbocycles. The summed E-state index contributed by atoms with van der Waals surface area (Å²) in [5, 5.41) is 6.96. The van der Waals surface area contributed by atoms with Crippen molar-refractivity contribution < 1.29 is 4.79 Å². The van der Waals surface area contributed by atoms with E-state index in [9.17, 15) is 4.79 Å². The zero-order chi connectivity index (χ0) is 13.9. The summed E-state index contributed by atoms with van der Waals surface area (Å²) in [6.45, 7) is 6.14. The van der Waals surface area contributed by atoms with Crippen LogP contribution in [0.3, 0.4) is 0 Å². The first-order valence-electron chi connectivity index (χ1n) is 6.77. The fraction of sp³-hybridized carbons (Fsp3) is 0.533. The third-order valence-electron chi connectivity index (χ3n) is 3.92. The van der Waals surface area contributed by atoms with E-state index >= 15 is 0 Å². The van der Waals surface area contributed by atoms with Gasteiger partial charge in [-0.2, -0.15) is 0 Å². The largest absolute Gasteiger partial charge is 0.350 e. The van der Waals surface area contributed by atoms with Crippen LogP contribution in [-0.4, -0.2) is 25.0 Å². The van der Waals surface area contributed by atoms with Gasteiger partial charge in [-0.1, -0.05) is 37.6 Å². The normalized spacial score (nSPS) is 20.9. The molecular weight excluding hydrogens is 295 g/mol. The van der Waals surface area contributed by atoms with Gasteiger partial charge in [-0.25, -0.2) is 0 Å². The summed E-state index contributed by atoms with van der Waals surface area (Å²) < 4.78 is 0. The minimum atomic E-state index is -0.103. The maximum atomic E-state index is 12.1. The lowest BCUT2D eigenvalue weighted by molar-refractivity contribution is 0.0929. The zero-order valence-corrected chi connectivity index (χ0v) is 13.5. The van der Waals surface area contributed by atoms with Crippen LogP contribution >= 0.6 is 24.0 Å². The van der Waals surface area contributed by atoms with Crippen LogP contribution in [0.15, 0.2) is 24.3 Å². The summed E-state index contributed by atoms with van der Waals surface area (Å²) in [5.41, 5.74) is 0.754. The highest BCUT2D eigenvalue weighted by Gasteiger charge is 2.32. The molecule has 1 atom stereocenters. The Balaban J connectivity index is 0.00000200. The van der Waals surface area contributed by atoms with Crippen molar-refractivity contribution in [3.8, 4) is 0 Å². The lowest BCUT2D eigenvalue weighted by atomic mass is 9.77. The molecule has 0 spiro atoms. The Hall–Kier alpha value is -0.770. The van der Waals surface area contributed by atoms with E-state index in [4.69, 9.17) is 11.6 Å². The highest BCUT2D eigenvalue weighted by atomic mass is 35.5. The van der Waals surface area contributed by atoms with Crippen molar-refractivity contribution in [2.24, 2.45) is 5.41 Å². The van der Waals surface area contributed by atoms with Gasteiger partial charge in [0.2, 0.25) is 0 Å². The van der Waals surface area contributed by atoms with E-state index < -0.39 is 0 Å². The number of halogens is 2.